The maximum atomic E-state index is 5.32. The number of halogens is 1. The van der Waals surface area contributed by atoms with Gasteiger partial charge in [0.1, 0.15) is 0 Å². The molecule has 1 fully saturated rings. The maximum absolute atomic E-state index is 5.32. The molecule has 1 heterocycles. The van der Waals surface area contributed by atoms with Crippen LogP contribution in [0.5, 0.6) is 0 Å². The minimum Gasteiger partial charge on any atom is -0.381 e. The van der Waals surface area contributed by atoms with Gasteiger partial charge in [-0.3, -0.25) is 0 Å². The fourth-order valence-electron chi connectivity index (χ4n) is 1.66. The molecular formula is C10H19BrO. The average molecular weight is 235 g/mol. The third kappa shape index (κ3) is 3.90. The van der Waals surface area contributed by atoms with Crippen LogP contribution in [-0.4, -0.2) is 18.0 Å². The monoisotopic (exact) mass is 234 g/mol. The number of alkyl halides is 1. The van der Waals surface area contributed by atoms with E-state index in [1.54, 1.807) is 0 Å². The van der Waals surface area contributed by atoms with E-state index in [0.717, 1.165) is 24.0 Å². The summed E-state index contributed by atoms with van der Waals surface area (Å²) in [5.41, 5.74) is 0. The Hall–Kier alpha value is 0.440. The topological polar surface area (TPSA) is 9.23 Å². The Morgan fingerprint density at radius 3 is 2.67 bits per heavy atom. The van der Waals surface area contributed by atoms with Gasteiger partial charge in [-0.05, 0) is 38.0 Å². The lowest BCUT2D eigenvalue weighted by atomic mass is 9.94. The molecule has 0 radical (unpaired) electrons. The van der Waals surface area contributed by atoms with Gasteiger partial charge in [-0.2, -0.15) is 0 Å². The first-order chi connectivity index (χ1) is 5.83. The molecule has 0 aromatic carbocycles. The van der Waals surface area contributed by atoms with Crippen molar-refractivity contribution >= 4 is 15.9 Å². The van der Waals surface area contributed by atoms with E-state index in [1.807, 2.05) is 0 Å². The Balaban J connectivity index is 2.05. The summed E-state index contributed by atoms with van der Waals surface area (Å²) < 4.78 is 5.32. The fourth-order valence-corrected chi connectivity index (χ4v) is 1.92. The van der Waals surface area contributed by atoms with E-state index in [0.29, 0.717) is 0 Å². The largest absolute Gasteiger partial charge is 0.381 e. The predicted molar refractivity (Wildman–Crippen MR) is 55.8 cm³/mol. The van der Waals surface area contributed by atoms with Crippen molar-refractivity contribution in [1.29, 1.82) is 0 Å². The lowest BCUT2D eigenvalue weighted by molar-refractivity contribution is 0.0633. The molecule has 0 aliphatic carbocycles. The third-order valence-corrected chi connectivity index (χ3v) is 3.78. The van der Waals surface area contributed by atoms with Crippen molar-refractivity contribution in [3.05, 3.63) is 0 Å². The molecule has 1 unspecified atom stereocenters. The molecule has 1 aliphatic heterocycles. The molecule has 1 atom stereocenters. The van der Waals surface area contributed by atoms with E-state index in [9.17, 15) is 0 Å². The first-order valence-corrected chi connectivity index (χ1v) is 5.96. The molecule has 0 bridgehead atoms. The van der Waals surface area contributed by atoms with Gasteiger partial charge in [-0.1, -0.05) is 22.9 Å². The summed E-state index contributed by atoms with van der Waals surface area (Å²) in [5, 5.41) is 0. The highest BCUT2D eigenvalue weighted by Gasteiger charge is 2.14. The summed E-state index contributed by atoms with van der Waals surface area (Å²) in [6.07, 6.45) is 6.53. The van der Waals surface area contributed by atoms with Crippen LogP contribution in [0.15, 0.2) is 0 Å². The highest BCUT2D eigenvalue weighted by molar-refractivity contribution is 9.09. The second-order valence-electron chi connectivity index (χ2n) is 3.64. The maximum Gasteiger partial charge on any atom is 0.0468 e. The van der Waals surface area contributed by atoms with Gasteiger partial charge >= 0.3 is 0 Å². The normalized spacial score (nSPS) is 22.5. The van der Waals surface area contributed by atoms with Crippen LogP contribution in [0.2, 0.25) is 0 Å². The highest BCUT2D eigenvalue weighted by Crippen LogP contribution is 2.23. The summed E-state index contributed by atoms with van der Waals surface area (Å²) in [5.74, 6) is 0.936. The zero-order chi connectivity index (χ0) is 8.81. The van der Waals surface area contributed by atoms with E-state index in [2.05, 4.69) is 22.9 Å². The number of hydrogen-bond acceptors (Lipinski definition) is 1. The molecule has 2 heteroatoms. The average Bonchev–Trinajstić information content (AvgIpc) is 2.16. The smallest absolute Gasteiger partial charge is 0.0468 e. The quantitative estimate of drug-likeness (QED) is 0.679. The van der Waals surface area contributed by atoms with Gasteiger partial charge < -0.3 is 4.74 Å². The molecule has 1 nitrogen and oxygen atoms in total. The summed E-state index contributed by atoms with van der Waals surface area (Å²) in [4.78, 5) is 0.736. The Bertz CT molecular complexity index is 110. The molecule has 1 saturated heterocycles. The van der Waals surface area contributed by atoms with Crippen LogP contribution < -0.4 is 0 Å². The van der Waals surface area contributed by atoms with Crippen LogP contribution in [0.1, 0.15) is 39.0 Å². The van der Waals surface area contributed by atoms with E-state index in [4.69, 9.17) is 4.74 Å². The van der Waals surface area contributed by atoms with E-state index in [1.165, 1.54) is 32.1 Å². The van der Waals surface area contributed by atoms with Gasteiger partial charge in [0, 0.05) is 18.0 Å². The van der Waals surface area contributed by atoms with Crippen molar-refractivity contribution in [2.75, 3.05) is 13.2 Å². The van der Waals surface area contributed by atoms with Crippen LogP contribution >= 0.6 is 15.9 Å². The molecule has 0 amide bonds. The summed E-state index contributed by atoms with van der Waals surface area (Å²) >= 11 is 3.67. The Kier molecular flexibility index (Phi) is 5.24. The van der Waals surface area contributed by atoms with Gasteiger partial charge in [0.15, 0.2) is 0 Å². The molecule has 1 rings (SSSR count). The van der Waals surface area contributed by atoms with Crippen molar-refractivity contribution < 1.29 is 4.74 Å². The van der Waals surface area contributed by atoms with Crippen molar-refractivity contribution in [2.24, 2.45) is 5.92 Å². The number of ether oxygens (including phenoxy) is 1. The Morgan fingerprint density at radius 2 is 2.08 bits per heavy atom. The molecule has 1 aliphatic rings. The lowest BCUT2D eigenvalue weighted by Gasteiger charge is -2.22. The Morgan fingerprint density at radius 1 is 1.42 bits per heavy atom. The molecule has 0 spiro atoms. The lowest BCUT2D eigenvalue weighted by Crippen LogP contribution is -2.16. The van der Waals surface area contributed by atoms with E-state index < -0.39 is 0 Å². The van der Waals surface area contributed by atoms with Gasteiger partial charge in [-0.15, -0.1) is 0 Å². The van der Waals surface area contributed by atoms with Crippen LogP contribution in [0.25, 0.3) is 0 Å². The number of hydrogen-bond donors (Lipinski definition) is 0. The van der Waals surface area contributed by atoms with Gasteiger partial charge in [0.25, 0.3) is 0 Å². The Labute approximate surface area is 84.0 Å². The van der Waals surface area contributed by atoms with Crippen molar-refractivity contribution in [3.8, 4) is 0 Å². The number of rotatable bonds is 4. The van der Waals surface area contributed by atoms with Gasteiger partial charge in [-0.25, -0.2) is 0 Å². The van der Waals surface area contributed by atoms with Crippen LogP contribution in [0.4, 0.5) is 0 Å². The van der Waals surface area contributed by atoms with E-state index in [-0.39, 0.29) is 0 Å². The minimum absolute atomic E-state index is 0.736. The van der Waals surface area contributed by atoms with Crippen LogP contribution in [0.3, 0.4) is 0 Å². The van der Waals surface area contributed by atoms with Crippen molar-refractivity contribution in [2.45, 2.75) is 43.9 Å². The molecule has 12 heavy (non-hydrogen) atoms. The summed E-state index contributed by atoms with van der Waals surface area (Å²) in [6, 6.07) is 0. The summed E-state index contributed by atoms with van der Waals surface area (Å²) in [6.45, 7) is 4.22. The van der Waals surface area contributed by atoms with E-state index >= 15 is 0 Å². The molecule has 0 aromatic rings. The van der Waals surface area contributed by atoms with Gasteiger partial charge in [0.05, 0.1) is 0 Å². The molecular weight excluding hydrogens is 216 g/mol. The second-order valence-corrected chi connectivity index (χ2v) is 4.93. The highest BCUT2D eigenvalue weighted by atomic mass is 79.9. The SMILES string of the molecule is CCC(Br)CCC1CCOCC1. The second kappa shape index (κ2) is 5.98. The zero-order valence-electron chi connectivity index (χ0n) is 7.89. The molecule has 72 valence electrons. The summed E-state index contributed by atoms with van der Waals surface area (Å²) in [7, 11) is 0. The first kappa shape index (κ1) is 10.5. The fraction of sp³-hybridized carbons (Fsp3) is 1.00. The predicted octanol–water partition coefficient (Wildman–Crippen LogP) is 3.37. The molecule has 0 saturated carbocycles. The third-order valence-electron chi connectivity index (χ3n) is 2.67. The zero-order valence-corrected chi connectivity index (χ0v) is 9.48. The van der Waals surface area contributed by atoms with Crippen LogP contribution in [0, 0.1) is 5.92 Å². The molecule has 0 N–H and O–H groups in total. The standard InChI is InChI=1S/C10H19BrO/c1-2-10(11)4-3-9-5-7-12-8-6-9/h9-10H,2-8H2,1H3. The van der Waals surface area contributed by atoms with Crippen LogP contribution in [-0.2, 0) is 4.74 Å². The minimum atomic E-state index is 0.736. The van der Waals surface area contributed by atoms with Crippen molar-refractivity contribution in [3.63, 3.8) is 0 Å². The van der Waals surface area contributed by atoms with Gasteiger partial charge in [0.2, 0.25) is 0 Å². The molecule has 0 aromatic heterocycles. The first-order valence-electron chi connectivity index (χ1n) is 5.04. The van der Waals surface area contributed by atoms with Crippen molar-refractivity contribution in [1.82, 2.24) is 0 Å².